The first-order valence-corrected chi connectivity index (χ1v) is 9.00. The van der Waals surface area contributed by atoms with Crippen molar-refractivity contribution in [3.63, 3.8) is 0 Å². The van der Waals surface area contributed by atoms with E-state index in [4.69, 9.17) is 5.11 Å². The molecule has 0 radical (unpaired) electrons. The van der Waals surface area contributed by atoms with Gasteiger partial charge in [0, 0.05) is 12.7 Å². The summed E-state index contributed by atoms with van der Waals surface area (Å²) >= 11 is 0. The standard InChI is InChI=1S/C17H17F3N6O3/c18-17(19,20)11-3-1-9(2-4-11)7-25-13-12(6-22-25)23-16(24-14(13)27)26-8-10(5-21-26)15(28)29/h5-6,8-9,11H,1-4,7H2,(H,28,29)(H,23,24,27)/t9-,11+. The Bertz CT molecular complexity index is 1050. The molecule has 3 heterocycles. The van der Waals surface area contributed by atoms with E-state index in [0.717, 1.165) is 10.9 Å². The number of rotatable bonds is 4. The van der Waals surface area contributed by atoms with Crippen LogP contribution in [0.25, 0.3) is 17.0 Å². The number of alkyl halides is 3. The maximum atomic E-state index is 12.8. The number of aromatic nitrogens is 6. The highest BCUT2D eigenvalue weighted by Gasteiger charge is 2.41. The molecular weight excluding hydrogens is 393 g/mol. The van der Waals surface area contributed by atoms with Crippen molar-refractivity contribution in [2.45, 2.75) is 38.4 Å². The zero-order valence-corrected chi connectivity index (χ0v) is 15.0. The molecule has 3 aromatic rings. The van der Waals surface area contributed by atoms with Gasteiger partial charge in [-0.2, -0.15) is 28.4 Å². The van der Waals surface area contributed by atoms with Crippen LogP contribution in [-0.4, -0.2) is 51.9 Å². The largest absolute Gasteiger partial charge is 0.492 e. The van der Waals surface area contributed by atoms with Gasteiger partial charge < -0.3 is 10.2 Å². The van der Waals surface area contributed by atoms with E-state index in [-0.39, 0.29) is 41.7 Å². The molecule has 0 aromatic carbocycles. The third-order valence-electron chi connectivity index (χ3n) is 5.23. The van der Waals surface area contributed by atoms with Gasteiger partial charge in [0.05, 0.1) is 23.9 Å². The highest BCUT2D eigenvalue weighted by molar-refractivity contribution is 5.87. The second kappa shape index (κ2) is 7.01. The number of hydrogen-bond donors (Lipinski definition) is 2. The fourth-order valence-electron chi connectivity index (χ4n) is 3.67. The Labute approximate surface area is 161 Å². The maximum Gasteiger partial charge on any atom is 0.391 e. The summed E-state index contributed by atoms with van der Waals surface area (Å²) in [4.78, 5) is 19.2. The minimum Gasteiger partial charge on any atom is -0.492 e. The molecule has 0 spiro atoms. The lowest BCUT2D eigenvalue weighted by Crippen LogP contribution is -2.29. The van der Waals surface area contributed by atoms with Gasteiger partial charge in [0.1, 0.15) is 11.0 Å². The second-order valence-electron chi connectivity index (χ2n) is 7.15. The molecule has 1 saturated carbocycles. The van der Waals surface area contributed by atoms with Crippen LogP contribution in [0.1, 0.15) is 36.0 Å². The lowest BCUT2D eigenvalue weighted by molar-refractivity contribution is -0.184. The molecule has 0 saturated heterocycles. The number of halogens is 3. The third-order valence-corrected chi connectivity index (χ3v) is 5.23. The van der Waals surface area contributed by atoms with Crippen molar-refractivity contribution in [3.05, 3.63) is 24.2 Å². The normalized spacial score (nSPS) is 20.2. The van der Waals surface area contributed by atoms with Crippen molar-refractivity contribution in [1.29, 1.82) is 0 Å². The smallest absolute Gasteiger partial charge is 0.391 e. The Hall–Kier alpha value is -3.18. The molecule has 29 heavy (non-hydrogen) atoms. The zero-order chi connectivity index (χ0) is 20.8. The molecule has 2 N–H and O–H groups in total. The van der Waals surface area contributed by atoms with Gasteiger partial charge in [0.25, 0.3) is 5.95 Å². The van der Waals surface area contributed by atoms with Gasteiger partial charge >= 0.3 is 12.1 Å². The van der Waals surface area contributed by atoms with Crippen LogP contribution >= 0.6 is 0 Å². The summed E-state index contributed by atoms with van der Waals surface area (Å²) in [7, 11) is 0. The molecule has 9 nitrogen and oxygen atoms in total. The molecule has 0 atom stereocenters. The molecule has 1 aliphatic rings. The monoisotopic (exact) mass is 410 g/mol. The number of carboxylic acids is 1. The lowest BCUT2D eigenvalue weighted by Gasteiger charge is -2.29. The van der Waals surface area contributed by atoms with E-state index in [1.165, 1.54) is 17.1 Å². The summed E-state index contributed by atoms with van der Waals surface area (Å²) in [5.41, 5.74) is 0.541. The van der Waals surface area contributed by atoms with Crippen LogP contribution < -0.4 is 0 Å². The topological polar surface area (TPSA) is 119 Å². The summed E-state index contributed by atoms with van der Waals surface area (Å²) in [5, 5.41) is 27.4. The molecule has 3 aromatic heterocycles. The summed E-state index contributed by atoms with van der Waals surface area (Å²) in [6.45, 7) is 0.356. The highest BCUT2D eigenvalue weighted by atomic mass is 19.4. The Balaban J connectivity index is 1.54. The summed E-state index contributed by atoms with van der Waals surface area (Å²) in [6, 6.07) is 0. The minimum absolute atomic E-state index is 0.0139. The predicted octanol–water partition coefficient (Wildman–Crippen LogP) is 2.78. The zero-order valence-electron chi connectivity index (χ0n) is 15.0. The van der Waals surface area contributed by atoms with Crippen LogP contribution in [0.4, 0.5) is 13.2 Å². The van der Waals surface area contributed by atoms with Gasteiger partial charge in [-0.25, -0.2) is 14.5 Å². The number of carbonyl (C=O) groups is 1. The van der Waals surface area contributed by atoms with Crippen molar-refractivity contribution < 1.29 is 28.2 Å². The number of hydrogen-bond acceptors (Lipinski definition) is 6. The predicted molar refractivity (Wildman–Crippen MR) is 92.6 cm³/mol. The first kappa shape index (κ1) is 19.2. The summed E-state index contributed by atoms with van der Waals surface area (Å²) in [5.74, 6) is -2.78. The fourth-order valence-corrected chi connectivity index (χ4v) is 3.67. The number of aromatic carboxylic acids is 1. The molecule has 0 unspecified atom stereocenters. The third kappa shape index (κ3) is 3.74. The SMILES string of the molecule is O=C(O)c1cnn(-c2nc(O)c3c(cnn3C[C@H]3CC[C@@H](C(F)(F)F)CC3)n2)c1. The molecule has 1 fully saturated rings. The van der Waals surface area contributed by atoms with E-state index in [1.807, 2.05) is 0 Å². The van der Waals surface area contributed by atoms with Crippen LogP contribution in [0.2, 0.25) is 0 Å². The average molecular weight is 410 g/mol. The summed E-state index contributed by atoms with van der Waals surface area (Å²) < 4.78 is 41.1. The minimum atomic E-state index is -4.15. The molecule has 4 rings (SSSR count). The van der Waals surface area contributed by atoms with Crippen LogP contribution in [0.5, 0.6) is 5.88 Å². The fraction of sp³-hybridized carbons (Fsp3) is 0.471. The van der Waals surface area contributed by atoms with E-state index in [2.05, 4.69) is 20.2 Å². The number of carboxylic acid groups (broad SMARTS) is 1. The van der Waals surface area contributed by atoms with Gasteiger partial charge in [0.15, 0.2) is 0 Å². The van der Waals surface area contributed by atoms with E-state index in [1.54, 1.807) is 0 Å². The first-order valence-electron chi connectivity index (χ1n) is 9.00. The maximum absolute atomic E-state index is 12.8. The van der Waals surface area contributed by atoms with Crippen LogP contribution in [-0.2, 0) is 6.54 Å². The molecule has 0 amide bonds. The summed E-state index contributed by atoms with van der Waals surface area (Å²) in [6.07, 6.45) is 0.644. The van der Waals surface area contributed by atoms with E-state index in [9.17, 15) is 23.1 Å². The molecule has 0 aliphatic heterocycles. The van der Waals surface area contributed by atoms with Gasteiger partial charge in [0.2, 0.25) is 5.88 Å². The Morgan fingerprint density at radius 2 is 1.86 bits per heavy atom. The van der Waals surface area contributed by atoms with Crippen molar-refractivity contribution in [2.75, 3.05) is 0 Å². The first-order chi connectivity index (χ1) is 13.7. The van der Waals surface area contributed by atoms with Crippen molar-refractivity contribution in [2.24, 2.45) is 11.8 Å². The van der Waals surface area contributed by atoms with Crippen molar-refractivity contribution >= 4 is 17.0 Å². The lowest BCUT2D eigenvalue weighted by atomic mass is 9.81. The quantitative estimate of drug-likeness (QED) is 0.679. The van der Waals surface area contributed by atoms with Gasteiger partial charge in [-0.1, -0.05) is 0 Å². The number of aromatic hydroxyl groups is 1. The van der Waals surface area contributed by atoms with Crippen LogP contribution in [0, 0.1) is 11.8 Å². The second-order valence-corrected chi connectivity index (χ2v) is 7.15. The van der Waals surface area contributed by atoms with E-state index >= 15 is 0 Å². The molecule has 12 heteroatoms. The van der Waals surface area contributed by atoms with Crippen LogP contribution in [0.3, 0.4) is 0 Å². The van der Waals surface area contributed by atoms with Crippen molar-refractivity contribution in [1.82, 2.24) is 29.5 Å². The van der Waals surface area contributed by atoms with Gasteiger partial charge in [-0.3, -0.25) is 4.68 Å². The molecule has 154 valence electrons. The number of nitrogens with zero attached hydrogens (tertiary/aromatic N) is 6. The average Bonchev–Trinajstić information content (AvgIpc) is 3.29. The molecule has 1 aliphatic carbocycles. The van der Waals surface area contributed by atoms with Crippen molar-refractivity contribution in [3.8, 4) is 11.8 Å². The van der Waals surface area contributed by atoms with Gasteiger partial charge in [-0.05, 0) is 31.6 Å². The van der Waals surface area contributed by atoms with E-state index < -0.39 is 18.1 Å². The Kier molecular flexibility index (Phi) is 4.63. The molecule has 0 bridgehead atoms. The van der Waals surface area contributed by atoms with E-state index in [0.29, 0.717) is 24.9 Å². The number of fused-ring (bicyclic) bond motifs is 1. The highest BCUT2D eigenvalue weighted by Crippen LogP contribution is 2.40. The van der Waals surface area contributed by atoms with Gasteiger partial charge in [-0.15, -0.1) is 0 Å². The Morgan fingerprint density at radius 3 is 2.48 bits per heavy atom. The van der Waals surface area contributed by atoms with Crippen LogP contribution in [0.15, 0.2) is 18.6 Å². The molecular formula is C17H17F3N6O3. The Morgan fingerprint density at radius 1 is 1.14 bits per heavy atom.